The van der Waals surface area contributed by atoms with E-state index in [1.165, 1.54) is 0 Å². The maximum absolute atomic E-state index is 13.3. The third-order valence-electron chi connectivity index (χ3n) is 6.50. The molecule has 13 heteroatoms. The van der Waals surface area contributed by atoms with E-state index in [0.717, 1.165) is 16.9 Å². The van der Waals surface area contributed by atoms with E-state index in [2.05, 4.69) is 33.9 Å². The van der Waals surface area contributed by atoms with Gasteiger partial charge >= 0.3 is 12.1 Å². The van der Waals surface area contributed by atoms with Gasteiger partial charge in [-0.2, -0.15) is 12.6 Å². The van der Waals surface area contributed by atoms with Crippen molar-refractivity contribution in [3.05, 3.63) is 65.7 Å². The first-order valence-corrected chi connectivity index (χ1v) is 15.0. The Hall–Kier alpha value is -4.26. The lowest BCUT2D eigenvalue weighted by atomic mass is 10.0. The van der Waals surface area contributed by atoms with Crippen molar-refractivity contribution in [2.75, 3.05) is 19.4 Å². The number of carbonyl (C=O) groups excluding carboxylic acids is 4. The molecule has 0 spiro atoms. The predicted molar refractivity (Wildman–Crippen MR) is 167 cm³/mol. The monoisotopic (exact) mass is 630 g/mol. The Bertz CT molecular complexity index is 1230. The van der Waals surface area contributed by atoms with Crippen LogP contribution in [-0.2, 0) is 36.9 Å². The summed E-state index contributed by atoms with van der Waals surface area (Å²) in [4.78, 5) is 62.9. The van der Waals surface area contributed by atoms with Gasteiger partial charge in [0.1, 0.15) is 30.5 Å². The number of carboxylic acid groups (broad SMARTS) is 1. The number of methoxy groups -OCH3 is 1. The van der Waals surface area contributed by atoms with Crippen LogP contribution in [0.4, 0.5) is 4.79 Å². The molecule has 240 valence electrons. The number of hydrogen-bond acceptors (Lipinski definition) is 8. The van der Waals surface area contributed by atoms with Crippen LogP contribution in [0.1, 0.15) is 44.2 Å². The van der Waals surface area contributed by atoms with Gasteiger partial charge in [0, 0.05) is 18.7 Å². The molecule has 0 aliphatic carbocycles. The molecule has 0 saturated carbocycles. The van der Waals surface area contributed by atoms with Gasteiger partial charge in [0.2, 0.25) is 17.7 Å². The molecule has 5 N–H and O–H groups in total. The highest BCUT2D eigenvalue weighted by molar-refractivity contribution is 7.80. The first-order chi connectivity index (χ1) is 21.0. The zero-order chi connectivity index (χ0) is 32.5. The molecule has 0 radical (unpaired) electrons. The molecule has 0 saturated heterocycles. The lowest BCUT2D eigenvalue weighted by molar-refractivity contribution is -0.137. The number of alkyl carbamates (subject to hydrolysis) is 1. The summed E-state index contributed by atoms with van der Waals surface area (Å²) in [5.41, 5.74) is 1.72. The first kappa shape index (κ1) is 35.9. The topological polar surface area (TPSA) is 172 Å². The van der Waals surface area contributed by atoms with Crippen molar-refractivity contribution in [2.24, 2.45) is 5.92 Å². The van der Waals surface area contributed by atoms with Crippen LogP contribution in [0.5, 0.6) is 5.75 Å². The summed E-state index contributed by atoms with van der Waals surface area (Å²) in [7, 11) is 1.58. The molecule has 2 aromatic carbocycles. The van der Waals surface area contributed by atoms with E-state index in [9.17, 15) is 24.0 Å². The number of nitrogens with one attached hydrogen (secondary N) is 4. The molecule has 0 fully saturated rings. The first-order valence-electron chi connectivity index (χ1n) is 14.3. The van der Waals surface area contributed by atoms with E-state index < -0.39 is 54.3 Å². The molecule has 2 aromatic rings. The molecular weight excluding hydrogens is 588 g/mol. The number of hydrogen-bond donors (Lipinski definition) is 6. The molecule has 4 amide bonds. The zero-order valence-electron chi connectivity index (χ0n) is 25.2. The Kier molecular flexibility index (Phi) is 15.6. The summed E-state index contributed by atoms with van der Waals surface area (Å²) < 4.78 is 10.3. The van der Waals surface area contributed by atoms with Crippen molar-refractivity contribution < 1.29 is 38.6 Å². The standard InChI is InChI=1S/C31H42N4O8S/c1-20(2)17-25(30(40)34-26(19-44)28(38)32-16-15-21-9-11-23(42-3)12-10-21)33-29(39)24(13-14-27(36)37)35-31(41)43-18-22-7-5-4-6-8-22/h4-12,20,24-26,44H,13-19H2,1-3H3,(H,32,38)(H,33,39)(H,34,40)(H,35,41)(H,36,37)/t24-,25-,26-/m0/s1. The van der Waals surface area contributed by atoms with Crippen LogP contribution in [0, 0.1) is 5.92 Å². The highest BCUT2D eigenvalue weighted by Crippen LogP contribution is 2.12. The van der Waals surface area contributed by atoms with Gasteiger partial charge in [0.05, 0.1) is 7.11 Å². The molecule has 0 bridgehead atoms. The third-order valence-corrected chi connectivity index (χ3v) is 6.86. The quantitative estimate of drug-likeness (QED) is 0.136. The van der Waals surface area contributed by atoms with Crippen LogP contribution >= 0.6 is 12.6 Å². The van der Waals surface area contributed by atoms with Crippen molar-refractivity contribution in [2.45, 2.75) is 64.3 Å². The van der Waals surface area contributed by atoms with Gasteiger partial charge in [-0.15, -0.1) is 0 Å². The summed E-state index contributed by atoms with van der Waals surface area (Å²) in [5, 5.41) is 19.6. The van der Waals surface area contributed by atoms with Gasteiger partial charge in [0.25, 0.3) is 0 Å². The second kappa shape index (κ2) is 19.1. The number of carboxylic acids is 1. The molecule has 0 aliphatic rings. The van der Waals surface area contributed by atoms with Crippen LogP contribution in [-0.4, -0.2) is 72.4 Å². The second-order valence-corrected chi connectivity index (χ2v) is 10.9. The fraction of sp³-hybridized carbons (Fsp3) is 0.452. The molecule has 3 atom stereocenters. The number of ether oxygens (including phenoxy) is 2. The normalized spacial score (nSPS) is 12.8. The summed E-state index contributed by atoms with van der Waals surface area (Å²) in [6.07, 6.45) is -0.761. The lowest BCUT2D eigenvalue weighted by Gasteiger charge is -2.25. The van der Waals surface area contributed by atoms with Crippen LogP contribution in [0.3, 0.4) is 0 Å². The van der Waals surface area contributed by atoms with Crippen molar-refractivity contribution in [3.8, 4) is 5.75 Å². The molecule has 0 unspecified atom stereocenters. The fourth-order valence-corrected chi connectivity index (χ4v) is 4.39. The molecule has 2 rings (SSSR count). The Balaban J connectivity index is 2.00. The maximum atomic E-state index is 13.3. The number of benzene rings is 2. The van der Waals surface area contributed by atoms with Gasteiger partial charge in [-0.3, -0.25) is 19.2 Å². The second-order valence-electron chi connectivity index (χ2n) is 10.5. The lowest BCUT2D eigenvalue weighted by Crippen LogP contribution is -2.57. The molecule has 12 nitrogen and oxygen atoms in total. The van der Waals surface area contributed by atoms with Crippen molar-refractivity contribution >= 4 is 42.4 Å². The van der Waals surface area contributed by atoms with E-state index in [1.54, 1.807) is 31.4 Å². The van der Waals surface area contributed by atoms with Crippen LogP contribution in [0.2, 0.25) is 0 Å². The number of thiol groups is 1. The Morgan fingerprint density at radius 2 is 1.45 bits per heavy atom. The van der Waals surface area contributed by atoms with Crippen molar-refractivity contribution in [3.63, 3.8) is 0 Å². The van der Waals surface area contributed by atoms with Crippen molar-refractivity contribution in [1.82, 2.24) is 21.3 Å². The van der Waals surface area contributed by atoms with E-state index in [0.29, 0.717) is 13.0 Å². The van der Waals surface area contributed by atoms with Gasteiger partial charge in [-0.25, -0.2) is 4.79 Å². The molecule has 0 aliphatic heterocycles. The third kappa shape index (κ3) is 13.4. The average molecular weight is 631 g/mol. The zero-order valence-corrected chi connectivity index (χ0v) is 26.1. The van der Waals surface area contributed by atoms with E-state index in [1.807, 2.05) is 44.2 Å². The highest BCUT2D eigenvalue weighted by Gasteiger charge is 2.30. The number of amides is 4. The summed E-state index contributed by atoms with van der Waals surface area (Å²) >= 11 is 4.22. The molecule has 44 heavy (non-hydrogen) atoms. The smallest absolute Gasteiger partial charge is 0.408 e. The fourth-order valence-electron chi connectivity index (χ4n) is 4.13. The van der Waals surface area contributed by atoms with Gasteiger partial charge in [0.15, 0.2) is 0 Å². The number of carbonyl (C=O) groups is 5. The maximum Gasteiger partial charge on any atom is 0.408 e. The summed E-state index contributed by atoms with van der Waals surface area (Å²) in [6.45, 7) is 3.99. The summed E-state index contributed by atoms with van der Waals surface area (Å²) in [6, 6.07) is 13.0. The van der Waals surface area contributed by atoms with Crippen LogP contribution in [0.15, 0.2) is 54.6 Å². The number of rotatable bonds is 18. The SMILES string of the molecule is COc1ccc(CCNC(=O)[C@H](CS)NC(=O)[C@H](CC(C)C)NC(=O)[C@H](CCC(=O)O)NC(=O)OCc2ccccc2)cc1. The van der Waals surface area contributed by atoms with Gasteiger partial charge in [-0.05, 0) is 48.4 Å². The predicted octanol–water partition coefficient (Wildman–Crippen LogP) is 2.46. The van der Waals surface area contributed by atoms with E-state index in [4.69, 9.17) is 14.6 Å². The van der Waals surface area contributed by atoms with E-state index in [-0.39, 0.29) is 31.1 Å². The van der Waals surface area contributed by atoms with Crippen molar-refractivity contribution in [1.29, 1.82) is 0 Å². The Labute approximate surface area is 263 Å². The minimum absolute atomic E-state index is 0.0124. The highest BCUT2D eigenvalue weighted by atomic mass is 32.1. The van der Waals surface area contributed by atoms with Gasteiger partial charge < -0.3 is 35.8 Å². The molecular formula is C31H42N4O8S. The summed E-state index contributed by atoms with van der Waals surface area (Å²) in [5.74, 6) is -2.24. The Morgan fingerprint density at radius 3 is 2.05 bits per heavy atom. The van der Waals surface area contributed by atoms with E-state index >= 15 is 0 Å². The van der Waals surface area contributed by atoms with Crippen LogP contribution < -0.4 is 26.0 Å². The molecule has 0 heterocycles. The van der Waals surface area contributed by atoms with Gasteiger partial charge in [-0.1, -0.05) is 56.3 Å². The van der Waals surface area contributed by atoms with Crippen LogP contribution in [0.25, 0.3) is 0 Å². The molecule has 0 aromatic heterocycles. The minimum atomic E-state index is -1.28. The minimum Gasteiger partial charge on any atom is -0.497 e. The Morgan fingerprint density at radius 1 is 0.818 bits per heavy atom. The number of aliphatic carboxylic acids is 1. The largest absolute Gasteiger partial charge is 0.497 e. The average Bonchev–Trinajstić information content (AvgIpc) is 3.00.